The molecule has 1 rings (SSSR count). The molecule has 1 nitrogen and oxygen atoms in total. The van der Waals surface area contributed by atoms with Crippen LogP contribution in [0.5, 0.6) is 0 Å². The molecule has 0 spiro atoms. The van der Waals surface area contributed by atoms with E-state index in [1.807, 2.05) is 6.07 Å². The zero-order valence-electron chi connectivity index (χ0n) is 7.85. The van der Waals surface area contributed by atoms with Gasteiger partial charge >= 0.3 is 6.18 Å². The van der Waals surface area contributed by atoms with E-state index in [-0.39, 0.29) is 0 Å². The van der Waals surface area contributed by atoms with Crippen molar-refractivity contribution in [2.45, 2.75) is 10.5 Å². The zero-order chi connectivity index (χ0) is 12.4. The minimum Gasteiger partial charge on any atom is -0.196 e. The molecule has 0 aromatic heterocycles. The van der Waals surface area contributed by atoms with E-state index in [0.29, 0.717) is 10.9 Å². The molecule has 1 aromatic rings. The summed E-state index contributed by atoms with van der Waals surface area (Å²) in [6.45, 7) is 0. The average molecular weight is 357 g/mol. The maximum Gasteiger partial charge on any atom is 0.416 e. The predicted molar refractivity (Wildman–Crippen MR) is 61.5 cm³/mol. The van der Waals surface area contributed by atoms with E-state index in [4.69, 9.17) is 5.26 Å². The topological polar surface area (TPSA) is 23.8 Å². The van der Waals surface area contributed by atoms with Gasteiger partial charge in [0.2, 0.25) is 0 Å². The molecular weight excluding hydrogens is 351 g/mol. The lowest BCUT2D eigenvalue weighted by Gasteiger charge is -2.17. The van der Waals surface area contributed by atoms with Gasteiger partial charge in [0.15, 0.2) is 0 Å². The van der Waals surface area contributed by atoms with Crippen molar-refractivity contribution in [2.24, 2.45) is 0 Å². The van der Waals surface area contributed by atoms with Gasteiger partial charge in [-0.05, 0) is 17.7 Å². The number of nitrogens with zero attached hydrogens (tertiary/aromatic N) is 1. The first-order valence-electron chi connectivity index (χ1n) is 4.17. The fourth-order valence-corrected chi connectivity index (χ4v) is 1.81. The van der Waals surface area contributed by atoms with Gasteiger partial charge in [-0.1, -0.05) is 44.0 Å². The van der Waals surface area contributed by atoms with Crippen LogP contribution in [0, 0.1) is 11.3 Å². The molecule has 16 heavy (non-hydrogen) atoms. The summed E-state index contributed by atoms with van der Waals surface area (Å²) in [5, 5.41) is 9.21. The van der Waals surface area contributed by atoms with Crippen LogP contribution in [0.3, 0.4) is 0 Å². The fourth-order valence-electron chi connectivity index (χ4n) is 1.09. The molecule has 0 saturated carbocycles. The summed E-state index contributed by atoms with van der Waals surface area (Å²) in [4.78, 5) is 0. The molecule has 0 aliphatic carbocycles. The second-order valence-corrected chi connectivity index (χ2v) is 5.04. The van der Waals surface area contributed by atoms with E-state index in [1.54, 1.807) is 0 Å². The van der Waals surface area contributed by atoms with Crippen LogP contribution in [0.15, 0.2) is 24.3 Å². The summed E-state index contributed by atoms with van der Waals surface area (Å²) in [6, 6.07) is 6.51. The van der Waals surface area contributed by atoms with Crippen molar-refractivity contribution in [3.63, 3.8) is 0 Å². The Labute approximate surface area is 108 Å². The summed E-state index contributed by atoms with van der Waals surface area (Å²) in [6.07, 6.45) is -4.35. The molecule has 0 bridgehead atoms. The van der Waals surface area contributed by atoms with Crippen molar-refractivity contribution in [3.8, 4) is 6.07 Å². The third-order valence-corrected chi connectivity index (χ3v) is 4.54. The predicted octanol–water partition coefficient (Wildman–Crippen LogP) is 4.21. The Kier molecular flexibility index (Phi) is 4.02. The Balaban J connectivity index is 3.10. The Morgan fingerprint density at radius 3 is 1.88 bits per heavy atom. The minimum atomic E-state index is -4.35. The average Bonchev–Trinajstić information content (AvgIpc) is 2.27. The number of benzene rings is 1. The summed E-state index contributed by atoms with van der Waals surface area (Å²) in [5.74, 6) is 0. The number of hydrogen-bond acceptors (Lipinski definition) is 1. The normalized spacial score (nSPS) is 15.2. The molecule has 1 aromatic carbocycles. The highest BCUT2D eigenvalue weighted by Gasteiger charge is 2.32. The molecule has 86 valence electrons. The third-order valence-electron chi connectivity index (χ3n) is 2.03. The lowest BCUT2D eigenvalue weighted by atomic mass is 10.0. The monoisotopic (exact) mass is 355 g/mol. The largest absolute Gasteiger partial charge is 0.416 e. The van der Waals surface area contributed by atoms with E-state index in [2.05, 4.69) is 31.9 Å². The lowest BCUT2D eigenvalue weighted by Crippen LogP contribution is -2.17. The molecule has 0 aliphatic heterocycles. The number of alkyl halides is 5. The van der Waals surface area contributed by atoms with Crippen molar-refractivity contribution in [1.82, 2.24) is 0 Å². The molecule has 0 heterocycles. The Hall–Kier alpha value is -0.540. The van der Waals surface area contributed by atoms with Gasteiger partial charge in [0, 0.05) is 5.33 Å². The summed E-state index contributed by atoms with van der Waals surface area (Å²) in [5.41, 5.74) is -0.238. The van der Waals surface area contributed by atoms with Crippen molar-refractivity contribution in [2.75, 3.05) is 5.33 Å². The highest BCUT2D eigenvalue weighted by Crippen LogP contribution is 2.35. The maximum atomic E-state index is 12.3. The van der Waals surface area contributed by atoms with Gasteiger partial charge in [0.1, 0.15) is 4.32 Å². The van der Waals surface area contributed by atoms with Gasteiger partial charge in [-0.3, -0.25) is 0 Å². The summed E-state index contributed by atoms with van der Waals surface area (Å²) < 4.78 is 35.9. The standard InChI is InChI=1S/C10H6Br2F3N/c11-5-9(12,6-16)7-1-3-8(4-2-7)10(13,14)15/h1-4H,5H2. The number of halogens is 5. The molecule has 1 unspecified atom stereocenters. The molecule has 0 radical (unpaired) electrons. The highest BCUT2D eigenvalue weighted by atomic mass is 79.9. The van der Waals surface area contributed by atoms with Gasteiger partial charge in [0.25, 0.3) is 0 Å². The molecule has 6 heteroatoms. The van der Waals surface area contributed by atoms with Gasteiger partial charge < -0.3 is 0 Å². The second-order valence-electron chi connectivity index (χ2n) is 3.12. The van der Waals surface area contributed by atoms with E-state index in [9.17, 15) is 13.2 Å². The van der Waals surface area contributed by atoms with Crippen molar-refractivity contribution in [1.29, 1.82) is 5.26 Å². The summed E-state index contributed by atoms with van der Waals surface area (Å²) in [7, 11) is 0. The van der Waals surface area contributed by atoms with Gasteiger partial charge in [-0.2, -0.15) is 18.4 Å². The van der Waals surface area contributed by atoms with Crippen LogP contribution in [0.4, 0.5) is 13.2 Å². The number of hydrogen-bond donors (Lipinski definition) is 0. The molecule has 0 N–H and O–H groups in total. The zero-order valence-corrected chi connectivity index (χ0v) is 11.0. The molecular formula is C10H6Br2F3N. The maximum absolute atomic E-state index is 12.3. The van der Waals surface area contributed by atoms with Crippen molar-refractivity contribution in [3.05, 3.63) is 35.4 Å². The van der Waals surface area contributed by atoms with Gasteiger partial charge in [-0.25, -0.2) is 0 Å². The van der Waals surface area contributed by atoms with Crippen LogP contribution in [0.2, 0.25) is 0 Å². The molecule has 1 atom stereocenters. The van der Waals surface area contributed by atoms with E-state index < -0.39 is 16.1 Å². The Morgan fingerprint density at radius 1 is 1.12 bits per heavy atom. The van der Waals surface area contributed by atoms with Crippen LogP contribution >= 0.6 is 31.9 Å². The van der Waals surface area contributed by atoms with E-state index in [1.165, 1.54) is 12.1 Å². The Bertz CT molecular complexity index is 408. The van der Waals surface area contributed by atoms with Crippen molar-refractivity contribution >= 4 is 31.9 Å². The molecule has 0 amide bonds. The first-order chi connectivity index (χ1) is 7.33. The van der Waals surface area contributed by atoms with E-state index >= 15 is 0 Å². The smallest absolute Gasteiger partial charge is 0.196 e. The molecule has 0 aliphatic rings. The second kappa shape index (κ2) is 4.76. The van der Waals surface area contributed by atoms with Crippen molar-refractivity contribution < 1.29 is 13.2 Å². The van der Waals surface area contributed by atoms with Crippen LogP contribution in [-0.4, -0.2) is 5.33 Å². The van der Waals surface area contributed by atoms with Crippen LogP contribution in [0.25, 0.3) is 0 Å². The van der Waals surface area contributed by atoms with E-state index in [0.717, 1.165) is 12.1 Å². The summed E-state index contributed by atoms with van der Waals surface area (Å²) >= 11 is 6.31. The van der Waals surface area contributed by atoms with Crippen LogP contribution in [0.1, 0.15) is 11.1 Å². The fraction of sp³-hybridized carbons (Fsp3) is 0.300. The van der Waals surface area contributed by atoms with Crippen LogP contribution in [-0.2, 0) is 10.5 Å². The first kappa shape index (κ1) is 13.5. The highest BCUT2D eigenvalue weighted by molar-refractivity contribution is 9.12. The number of nitriles is 1. The lowest BCUT2D eigenvalue weighted by molar-refractivity contribution is -0.137. The Morgan fingerprint density at radius 2 is 1.56 bits per heavy atom. The SMILES string of the molecule is N#CC(Br)(CBr)c1ccc(C(F)(F)F)cc1. The quantitative estimate of drug-likeness (QED) is 0.728. The van der Waals surface area contributed by atoms with Gasteiger partial charge in [-0.15, -0.1) is 0 Å². The molecule has 0 saturated heterocycles. The van der Waals surface area contributed by atoms with Gasteiger partial charge in [0.05, 0.1) is 11.6 Å². The minimum absolute atomic E-state index is 0.294. The first-order valence-corrected chi connectivity index (χ1v) is 6.09. The molecule has 0 fully saturated rings. The van der Waals surface area contributed by atoms with Crippen LogP contribution < -0.4 is 0 Å². The number of rotatable bonds is 2. The third kappa shape index (κ3) is 2.77.